The first-order valence-electron chi connectivity index (χ1n) is 4.81. The van der Waals surface area contributed by atoms with E-state index in [1.54, 1.807) is 6.92 Å². The van der Waals surface area contributed by atoms with Gasteiger partial charge in [-0.25, -0.2) is 19.7 Å². The monoisotopic (exact) mass is 221 g/mol. The highest BCUT2D eigenvalue weighted by Gasteiger charge is 2.20. The van der Waals surface area contributed by atoms with Crippen molar-refractivity contribution in [3.8, 4) is 0 Å². The number of anilines is 1. The molecule has 0 bridgehead atoms. The minimum absolute atomic E-state index is 0.254. The summed E-state index contributed by atoms with van der Waals surface area (Å²) >= 11 is 0. The molecule has 2 aromatic heterocycles. The van der Waals surface area contributed by atoms with Crippen LogP contribution in [-0.2, 0) is 4.79 Å². The van der Waals surface area contributed by atoms with Crippen LogP contribution in [0.15, 0.2) is 12.7 Å². The molecule has 16 heavy (non-hydrogen) atoms. The van der Waals surface area contributed by atoms with Gasteiger partial charge in [0.15, 0.2) is 11.5 Å². The molecule has 1 unspecified atom stereocenters. The predicted molar refractivity (Wildman–Crippen MR) is 56.7 cm³/mol. The molecule has 0 aromatic carbocycles. The molecule has 2 heterocycles. The summed E-state index contributed by atoms with van der Waals surface area (Å²) in [6.07, 6.45) is 3.17. The zero-order chi connectivity index (χ0) is 11.7. The van der Waals surface area contributed by atoms with Gasteiger partial charge >= 0.3 is 5.97 Å². The molecule has 0 fully saturated rings. The molecule has 0 aliphatic rings. The zero-order valence-corrected chi connectivity index (χ0v) is 8.66. The maximum atomic E-state index is 11.0. The first-order chi connectivity index (χ1) is 7.65. The Kier molecular flexibility index (Phi) is 2.43. The van der Waals surface area contributed by atoms with Gasteiger partial charge in [0.25, 0.3) is 0 Å². The van der Waals surface area contributed by atoms with Crippen LogP contribution in [0.2, 0.25) is 0 Å². The Balaban J connectivity index is 2.61. The number of nitrogen functional groups attached to an aromatic ring is 1. The van der Waals surface area contributed by atoms with E-state index >= 15 is 0 Å². The number of fused-ring (bicyclic) bond motifs is 1. The molecule has 1 atom stereocenters. The van der Waals surface area contributed by atoms with Crippen molar-refractivity contribution < 1.29 is 9.90 Å². The van der Waals surface area contributed by atoms with Crippen LogP contribution in [0, 0.1) is 0 Å². The van der Waals surface area contributed by atoms with Gasteiger partial charge in [0.1, 0.15) is 17.9 Å². The highest BCUT2D eigenvalue weighted by molar-refractivity contribution is 5.83. The molecule has 0 saturated heterocycles. The van der Waals surface area contributed by atoms with Crippen LogP contribution in [-0.4, -0.2) is 30.6 Å². The summed E-state index contributed by atoms with van der Waals surface area (Å²) in [6.45, 7) is 1.79. The minimum Gasteiger partial charge on any atom is -0.480 e. The lowest BCUT2D eigenvalue weighted by molar-refractivity contribution is -0.140. The number of rotatable bonds is 3. The molecular weight excluding hydrogens is 210 g/mol. The quantitative estimate of drug-likeness (QED) is 0.778. The van der Waals surface area contributed by atoms with E-state index in [1.807, 2.05) is 0 Å². The molecule has 2 aromatic rings. The van der Waals surface area contributed by atoms with Crippen molar-refractivity contribution in [2.24, 2.45) is 0 Å². The number of hydrogen-bond donors (Lipinski definition) is 2. The molecule has 0 amide bonds. The Labute approximate surface area is 90.9 Å². The van der Waals surface area contributed by atoms with Crippen molar-refractivity contribution in [3.05, 3.63) is 12.7 Å². The zero-order valence-electron chi connectivity index (χ0n) is 8.66. The summed E-state index contributed by atoms with van der Waals surface area (Å²) in [5.74, 6) is -0.664. The fourth-order valence-electron chi connectivity index (χ4n) is 1.59. The fourth-order valence-corrected chi connectivity index (χ4v) is 1.59. The fraction of sp³-hybridized carbons (Fsp3) is 0.333. The number of imidazole rings is 1. The molecule has 2 rings (SSSR count). The molecule has 3 N–H and O–H groups in total. The van der Waals surface area contributed by atoms with Gasteiger partial charge in [-0.2, -0.15) is 0 Å². The van der Waals surface area contributed by atoms with Gasteiger partial charge in [-0.3, -0.25) is 0 Å². The van der Waals surface area contributed by atoms with E-state index in [0.717, 1.165) is 0 Å². The molecular formula is C9H11N5O2. The van der Waals surface area contributed by atoms with Gasteiger partial charge in [-0.1, -0.05) is 6.92 Å². The van der Waals surface area contributed by atoms with Crippen LogP contribution < -0.4 is 5.73 Å². The van der Waals surface area contributed by atoms with Gasteiger partial charge in [-0.05, 0) is 6.42 Å². The largest absolute Gasteiger partial charge is 0.480 e. The first-order valence-corrected chi connectivity index (χ1v) is 4.81. The van der Waals surface area contributed by atoms with Crippen LogP contribution in [0.4, 0.5) is 5.82 Å². The van der Waals surface area contributed by atoms with E-state index in [2.05, 4.69) is 15.0 Å². The van der Waals surface area contributed by atoms with Crippen molar-refractivity contribution in [2.45, 2.75) is 19.4 Å². The van der Waals surface area contributed by atoms with E-state index in [1.165, 1.54) is 17.2 Å². The average Bonchev–Trinajstić information content (AvgIpc) is 2.64. The summed E-state index contributed by atoms with van der Waals surface area (Å²) in [6, 6.07) is -0.681. The molecule has 0 radical (unpaired) electrons. The lowest BCUT2D eigenvalue weighted by Gasteiger charge is -2.11. The number of aliphatic carboxylic acids is 1. The topological polar surface area (TPSA) is 107 Å². The normalized spacial score (nSPS) is 12.8. The molecule has 0 saturated carbocycles. The van der Waals surface area contributed by atoms with Crippen molar-refractivity contribution >= 4 is 23.0 Å². The first kappa shape index (κ1) is 10.3. The number of carboxylic acids is 1. The average molecular weight is 221 g/mol. The number of aromatic nitrogens is 4. The molecule has 7 nitrogen and oxygen atoms in total. The summed E-state index contributed by atoms with van der Waals surface area (Å²) < 4.78 is 1.50. The van der Waals surface area contributed by atoms with Crippen molar-refractivity contribution in [2.75, 3.05) is 5.73 Å². The number of hydrogen-bond acceptors (Lipinski definition) is 5. The van der Waals surface area contributed by atoms with Gasteiger partial charge in [0.2, 0.25) is 0 Å². The summed E-state index contributed by atoms with van der Waals surface area (Å²) in [5, 5.41) is 9.05. The predicted octanol–water partition coefficient (Wildman–Crippen LogP) is 0.444. The number of nitrogens with two attached hydrogens (primary N) is 1. The number of nitrogens with zero attached hydrogens (tertiary/aromatic N) is 4. The standard InChI is InChI=1S/C9H11N5O2/c1-2-5(9(15)16)14-4-13-6-7(10)11-3-12-8(6)14/h3-5H,2H2,1H3,(H,15,16)(H2,10,11,12). The third kappa shape index (κ3) is 1.46. The smallest absolute Gasteiger partial charge is 0.326 e. The van der Waals surface area contributed by atoms with E-state index in [9.17, 15) is 4.79 Å². The van der Waals surface area contributed by atoms with Crippen molar-refractivity contribution in [3.63, 3.8) is 0 Å². The molecule has 0 spiro atoms. The van der Waals surface area contributed by atoms with Crippen LogP contribution in [0.5, 0.6) is 0 Å². The van der Waals surface area contributed by atoms with Crippen LogP contribution in [0.1, 0.15) is 19.4 Å². The van der Waals surface area contributed by atoms with Crippen molar-refractivity contribution in [1.82, 2.24) is 19.5 Å². The van der Waals surface area contributed by atoms with Gasteiger partial charge < -0.3 is 15.4 Å². The molecule has 7 heteroatoms. The third-order valence-corrected chi connectivity index (χ3v) is 2.39. The molecule has 0 aliphatic carbocycles. The van der Waals surface area contributed by atoms with Crippen LogP contribution in [0.25, 0.3) is 11.2 Å². The maximum absolute atomic E-state index is 11.0. The lowest BCUT2D eigenvalue weighted by Crippen LogP contribution is -2.17. The maximum Gasteiger partial charge on any atom is 0.326 e. The van der Waals surface area contributed by atoms with E-state index in [4.69, 9.17) is 10.8 Å². The molecule has 84 valence electrons. The summed E-state index contributed by atoms with van der Waals surface area (Å²) in [5.41, 5.74) is 6.49. The highest BCUT2D eigenvalue weighted by atomic mass is 16.4. The van der Waals surface area contributed by atoms with Crippen LogP contribution >= 0.6 is 0 Å². The van der Waals surface area contributed by atoms with Gasteiger partial charge in [0.05, 0.1) is 6.33 Å². The second-order valence-corrected chi connectivity index (χ2v) is 3.35. The molecule has 0 aliphatic heterocycles. The lowest BCUT2D eigenvalue weighted by atomic mass is 10.2. The van der Waals surface area contributed by atoms with Gasteiger partial charge in [-0.15, -0.1) is 0 Å². The highest BCUT2D eigenvalue weighted by Crippen LogP contribution is 2.20. The van der Waals surface area contributed by atoms with E-state index < -0.39 is 12.0 Å². The van der Waals surface area contributed by atoms with Crippen molar-refractivity contribution in [1.29, 1.82) is 0 Å². The Morgan fingerprint density at radius 1 is 1.56 bits per heavy atom. The van der Waals surface area contributed by atoms with Crippen LogP contribution in [0.3, 0.4) is 0 Å². The van der Waals surface area contributed by atoms with E-state index in [-0.39, 0.29) is 5.82 Å². The van der Waals surface area contributed by atoms with E-state index in [0.29, 0.717) is 17.6 Å². The Hall–Kier alpha value is -2.18. The van der Waals surface area contributed by atoms with Gasteiger partial charge in [0, 0.05) is 0 Å². The minimum atomic E-state index is -0.918. The Morgan fingerprint density at radius 3 is 2.94 bits per heavy atom. The SMILES string of the molecule is CCC(C(=O)O)n1cnc2c(N)ncnc21. The Bertz CT molecular complexity index is 536. The Morgan fingerprint density at radius 2 is 2.31 bits per heavy atom. The second-order valence-electron chi connectivity index (χ2n) is 3.35. The number of carboxylic acid groups (broad SMARTS) is 1. The summed E-state index contributed by atoms with van der Waals surface area (Å²) in [4.78, 5) is 22.8. The summed E-state index contributed by atoms with van der Waals surface area (Å²) in [7, 11) is 0. The third-order valence-electron chi connectivity index (χ3n) is 2.39. The number of carbonyl (C=O) groups is 1. The second kappa shape index (κ2) is 3.76.